The van der Waals surface area contributed by atoms with E-state index in [4.69, 9.17) is 29.0 Å². The monoisotopic (exact) mass is 283 g/mol. The highest BCUT2D eigenvalue weighted by Crippen LogP contribution is 2.32. The Morgan fingerprint density at radius 1 is 1.22 bits per heavy atom. The van der Waals surface area contributed by atoms with Crippen molar-refractivity contribution in [3.05, 3.63) is 40.0 Å². The van der Waals surface area contributed by atoms with Crippen molar-refractivity contribution >= 4 is 40.7 Å². The van der Waals surface area contributed by atoms with E-state index in [1.54, 1.807) is 24.4 Å². The summed E-state index contributed by atoms with van der Waals surface area (Å²) < 4.78 is 0. The third kappa shape index (κ3) is 2.64. The number of hydrogen-bond acceptors (Lipinski definition) is 5. The summed E-state index contributed by atoms with van der Waals surface area (Å²) in [6.07, 6.45) is 1.65. The minimum absolute atomic E-state index is 0.311. The maximum Gasteiger partial charge on any atom is 0.239 e. The molecule has 0 saturated carbocycles. The quantitative estimate of drug-likeness (QED) is 0.596. The molecule has 0 aliphatic rings. The molecule has 1 aromatic heterocycles. The lowest BCUT2D eigenvalue weighted by Gasteiger charge is -2.12. The van der Waals surface area contributed by atoms with Crippen LogP contribution < -0.4 is 16.6 Å². The molecule has 94 valence electrons. The zero-order valence-corrected chi connectivity index (χ0v) is 11.0. The molecule has 2 aromatic rings. The third-order valence-electron chi connectivity index (χ3n) is 2.31. The molecule has 0 spiro atoms. The van der Waals surface area contributed by atoms with Gasteiger partial charge in [-0.1, -0.05) is 29.3 Å². The van der Waals surface area contributed by atoms with E-state index in [-0.39, 0.29) is 0 Å². The lowest BCUT2D eigenvalue weighted by atomic mass is 10.3. The summed E-state index contributed by atoms with van der Waals surface area (Å²) >= 11 is 12.1. The molecule has 0 saturated heterocycles. The molecule has 0 fully saturated rings. The first-order chi connectivity index (χ1) is 8.61. The van der Waals surface area contributed by atoms with E-state index in [2.05, 4.69) is 20.7 Å². The summed E-state index contributed by atoms with van der Waals surface area (Å²) in [5.74, 6) is 6.17. The van der Waals surface area contributed by atoms with Crippen LogP contribution in [0.2, 0.25) is 10.0 Å². The molecular weight excluding hydrogens is 273 g/mol. The highest BCUT2D eigenvalue weighted by atomic mass is 35.5. The molecule has 5 nitrogen and oxygen atoms in total. The number of benzene rings is 1. The number of nitrogens with one attached hydrogen (secondary N) is 2. The Morgan fingerprint density at radius 2 is 1.89 bits per heavy atom. The van der Waals surface area contributed by atoms with E-state index < -0.39 is 0 Å². The first kappa shape index (κ1) is 12.9. The van der Waals surface area contributed by atoms with Crippen LogP contribution in [0, 0.1) is 6.92 Å². The molecular formula is C11H11Cl2N5. The number of hydrazine groups is 1. The molecule has 0 atom stereocenters. The minimum Gasteiger partial charge on any atom is -0.337 e. The zero-order valence-electron chi connectivity index (χ0n) is 9.54. The van der Waals surface area contributed by atoms with Gasteiger partial charge in [0.25, 0.3) is 0 Å². The summed E-state index contributed by atoms with van der Waals surface area (Å²) in [4.78, 5) is 8.18. The fraction of sp³-hybridized carbons (Fsp3) is 0.0909. The first-order valence-electron chi connectivity index (χ1n) is 5.13. The van der Waals surface area contributed by atoms with E-state index in [0.717, 1.165) is 5.56 Å². The Balaban J connectivity index is 2.39. The largest absolute Gasteiger partial charge is 0.337 e. The van der Waals surface area contributed by atoms with Crippen LogP contribution >= 0.6 is 23.2 Å². The van der Waals surface area contributed by atoms with Gasteiger partial charge >= 0.3 is 0 Å². The van der Waals surface area contributed by atoms with Gasteiger partial charge in [-0.15, -0.1) is 0 Å². The van der Waals surface area contributed by atoms with Gasteiger partial charge in [-0.2, -0.15) is 4.98 Å². The summed E-state index contributed by atoms with van der Waals surface area (Å²) in [6, 6.07) is 5.26. The second-order valence-corrected chi connectivity index (χ2v) is 4.41. The topological polar surface area (TPSA) is 75.9 Å². The lowest BCUT2D eigenvalue weighted by Crippen LogP contribution is -2.11. The van der Waals surface area contributed by atoms with Crippen molar-refractivity contribution in [1.29, 1.82) is 0 Å². The fourth-order valence-electron chi connectivity index (χ4n) is 1.37. The second-order valence-electron chi connectivity index (χ2n) is 3.59. The summed E-state index contributed by atoms with van der Waals surface area (Å²) in [5, 5.41) is 4.11. The molecule has 7 heteroatoms. The predicted molar refractivity (Wildman–Crippen MR) is 74.3 cm³/mol. The summed E-state index contributed by atoms with van der Waals surface area (Å²) in [6.45, 7) is 1.87. The maximum atomic E-state index is 6.07. The van der Waals surface area contributed by atoms with Gasteiger partial charge in [-0.25, -0.2) is 10.8 Å². The number of aryl methyl sites for hydroxylation is 1. The highest BCUT2D eigenvalue weighted by molar-refractivity contribution is 6.39. The van der Waals surface area contributed by atoms with Crippen molar-refractivity contribution in [2.45, 2.75) is 6.92 Å². The smallest absolute Gasteiger partial charge is 0.239 e. The molecule has 0 aliphatic heterocycles. The lowest BCUT2D eigenvalue weighted by molar-refractivity contribution is 1.09. The summed E-state index contributed by atoms with van der Waals surface area (Å²) in [5.41, 5.74) is 3.84. The number of hydrogen-bond donors (Lipinski definition) is 3. The van der Waals surface area contributed by atoms with Crippen LogP contribution in [0.1, 0.15) is 5.56 Å². The van der Waals surface area contributed by atoms with Crippen LogP contribution in [-0.2, 0) is 0 Å². The molecule has 0 radical (unpaired) electrons. The SMILES string of the molecule is Cc1cnc(NN)nc1Nc1c(Cl)cccc1Cl. The molecule has 1 aromatic carbocycles. The Bertz CT molecular complexity index is 553. The Morgan fingerprint density at radius 3 is 2.50 bits per heavy atom. The van der Waals surface area contributed by atoms with Crippen molar-refractivity contribution in [2.24, 2.45) is 5.84 Å². The van der Waals surface area contributed by atoms with Crippen LogP contribution in [-0.4, -0.2) is 9.97 Å². The normalized spacial score (nSPS) is 10.2. The van der Waals surface area contributed by atoms with Crippen molar-refractivity contribution in [2.75, 3.05) is 10.7 Å². The molecule has 2 rings (SSSR count). The fourth-order valence-corrected chi connectivity index (χ4v) is 1.87. The summed E-state index contributed by atoms with van der Waals surface area (Å²) in [7, 11) is 0. The van der Waals surface area contributed by atoms with E-state index in [9.17, 15) is 0 Å². The van der Waals surface area contributed by atoms with Gasteiger partial charge in [0, 0.05) is 11.8 Å². The van der Waals surface area contributed by atoms with Gasteiger partial charge in [0.05, 0.1) is 15.7 Å². The van der Waals surface area contributed by atoms with E-state index in [1.165, 1.54) is 0 Å². The van der Waals surface area contributed by atoms with Crippen LogP contribution in [0.25, 0.3) is 0 Å². The second kappa shape index (κ2) is 5.39. The third-order valence-corrected chi connectivity index (χ3v) is 2.94. The minimum atomic E-state index is 0.311. The first-order valence-corrected chi connectivity index (χ1v) is 5.88. The van der Waals surface area contributed by atoms with E-state index in [0.29, 0.717) is 27.5 Å². The molecule has 18 heavy (non-hydrogen) atoms. The Hall–Kier alpha value is -1.56. The van der Waals surface area contributed by atoms with Crippen molar-refractivity contribution in [3.8, 4) is 0 Å². The highest BCUT2D eigenvalue weighted by Gasteiger charge is 2.09. The van der Waals surface area contributed by atoms with Gasteiger partial charge in [0.1, 0.15) is 5.82 Å². The van der Waals surface area contributed by atoms with Gasteiger partial charge < -0.3 is 5.32 Å². The van der Waals surface area contributed by atoms with Crippen molar-refractivity contribution < 1.29 is 0 Å². The number of rotatable bonds is 3. The van der Waals surface area contributed by atoms with Gasteiger partial charge in [0.15, 0.2) is 0 Å². The Labute approximate surface area is 114 Å². The van der Waals surface area contributed by atoms with Crippen molar-refractivity contribution in [1.82, 2.24) is 9.97 Å². The van der Waals surface area contributed by atoms with Crippen molar-refractivity contribution in [3.63, 3.8) is 0 Å². The molecule has 0 bridgehead atoms. The number of nitrogen functional groups attached to an aromatic ring is 1. The maximum absolute atomic E-state index is 6.07. The van der Waals surface area contributed by atoms with Crippen LogP contribution in [0.5, 0.6) is 0 Å². The van der Waals surface area contributed by atoms with E-state index in [1.807, 2.05) is 6.92 Å². The zero-order chi connectivity index (χ0) is 13.1. The number of nitrogens with two attached hydrogens (primary N) is 1. The van der Waals surface area contributed by atoms with Crippen LogP contribution in [0.3, 0.4) is 0 Å². The molecule has 0 unspecified atom stereocenters. The molecule has 0 aliphatic carbocycles. The average Bonchev–Trinajstić information content (AvgIpc) is 2.36. The number of nitrogens with zero attached hydrogens (tertiary/aromatic N) is 2. The Kier molecular flexibility index (Phi) is 3.86. The van der Waals surface area contributed by atoms with Crippen LogP contribution in [0.4, 0.5) is 17.5 Å². The molecule has 1 heterocycles. The average molecular weight is 284 g/mol. The molecule has 0 amide bonds. The van der Waals surface area contributed by atoms with Gasteiger partial charge in [-0.05, 0) is 19.1 Å². The number of para-hydroxylation sites is 1. The standard InChI is InChI=1S/C11H11Cl2N5/c1-6-5-15-11(18-14)17-10(6)16-9-7(12)3-2-4-8(9)13/h2-5H,14H2,1H3,(H2,15,16,17,18). The van der Waals surface area contributed by atoms with Gasteiger partial charge in [0.2, 0.25) is 5.95 Å². The number of aromatic nitrogens is 2. The van der Waals surface area contributed by atoms with Crippen LogP contribution in [0.15, 0.2) is 24.4 Å². The number of halogens is 2. The van der Waals surface area contributed by atoms with E-state index >= 15 is 0 Å². The molecule has 4 N–H and O–H groups in total. The predicted octanol–water partition coefficient (Wildman–Crippen LogP) is 3.12. The van der Waals surface area contributed by atoms with Gasteiger partial charge in [-0.3, -0.25) is 5.43 Å². The number of anilines is 3.